The maximum atomic E-state index is 12.2. The molecule has 122 valence electrons. The Morgan fingerprint density at radius 3 is 2.50 bits per heavy atom. The monoisotopic (exact) mass is 376 g/mol. The largest absolute Gasteiger partial charge is 0.333 e. The standard InChI is InChI=1S/C17H13ClN2O2S2/c18-11-3-5-12(6-4-11)20-17(22)19-10-13-7-8-15(24-13)16(21)14-2-1-9-23-14/h1-9H,10H2,(H2,19,20,22). The van der Waals surface area contributed by atoms with E-state index >= 15 is 0 Å². The van der Waals surface area contributed by atoms with E-state index in [0.29, 0.717) is 22.1 Å². The second kappa shape index (κ2) is 7.61. The summed E-state index contributed by atoms with van der Waals surface area (Å²) in [7, 11) is 0. The fourth-order valence-electron chi connectivity index (χ4n) is 2.00. The van der Waals surface area contributed by atoms with Gasteiger partial charge in [0.15, 0.2) is 0 Å². The fourth-order valence-corrected chi connectivity index (χ4v) is 3.77. The molecule has 0 spiro atoms. The van der Waals surface area contributed by atoms with Gasteiger partial charge in [-0.3, -0.25) is 4.79 Å². The number of ketones is 1. The van der Waals surface area contributed by atoms with E-state index in [4.69, 9.17) is 11.6 Å². The number of hydrogen-bond donors (Lipinski definition) is 2. The third-order valence-electron chi connectivity index (χ3n) is 3.16. The molecule has 7 heteroatoms. The van der Waals surface area contributed by atoms with E-state index in [0.717, 1.165) is 9.75 Å². The Balaban J connectivity index is 1.54. The molecule has 0 saturated heterocycles. The van der Waals surface area contributed by atoms with Gasteiger partial charge in [-0.1, -0.05) is 17.7 Å². The molecule has 0 aliphatic heterocycles. The van der Waals surface area contributed by atoms with Crippen LogP contribution < -0.4 is 10.6 Å². The van der Waals surface area contributed by atoms with Crippen molar-refractivity contribution in [2.45, 2.75) is 6.54 Å². The molecule has 2 heterocycles. The van der Waals surface area contributed by atoms with Gasteiger partial charge >= 0.3 is 6.03 Å². The Labute approximate surface area is 152 Å². The van der Waals surface area contributed by atoms with E-state index in [-0.39, 0.29) is 11.8 Å². The quantitative estimate of drug-likeness (QED) is 0.614. The van der Waals surface area contributed by atoms with Crippen molar-refractivity contribution < 1.29 is 9.59 Å². The van der Waals surface area contributed by atoms with Crippen LogP contribution in [0.2, 0.25) is 5.02 Å². The zero-order chi connectivity index (χ0) is 16.9. The predicted octanol–water partition coefficient (Wildman–Crippen LogP) is 5.02. The van der Waals surface area contributed by atoms with Crippen molar-refractivity contribution in [1.82, 2.24) is 5.32 Å². The first kappa shape index (κ1) is 16.7. The first-order chi connectivity index (χ1) is 11.6. The van der Waals surface area contributed by atoms with E-state index in [9.17, 15) is 9.59 Å². The maximum absolute atomic E-state index is 12.2. The first-order valence-electron chi connectivity index (χ1n) is 7.09. The summed E-state index contributed by atoms with van der Waals surface area (Å²) in [5, 5.41) is 7.98. The smallest absolute Gasteiger partial charge is 0.319 e. The van der Waals surface area contributed by atoms with E-state index in [1.165, 1.54) is 22.7 Å². The number of anilines is 1. The SMILES string of the molecule is O=C(NCc1ccc(C(=O)c2cccs2)s1)Nc1ccc(Cl)cc1. The first-order valence-corrected chi connectivity index (χ1v) is 9.16. The lowest BCUT2D eigenvalue weighted by Gasteiger charge is -2.06. The molecule has 0 bridgehead atoms. The summed E-state index contributed by atoms with van der Waals surface area (Å²) in [5.41, 5.74) is 0.664. The number of carbonyl (C=O) groups is 2. The highest BCUT2D eigenvalue weighted by Crippen LogP contribution is 2.22. The lowest BCUT2D eigenvalue weighted by atomic mass is 10.3. The Morgan fingerprint density at radius 2 is 1.79 bits per heavy atom. The fraction of sp³-hybridized carbons (Fsp3) is 0.0588. The van der Waals surface area contributed by atoms with Crippen LogP contribution in [0.5, 0.6) is 0 Å². The number of urea groups is 1. The normalized spacial score (nSPS) is 10.4. The van der Waals surface area contributed by atoms with E-state index in [1.54, 1.807) is 30.3 Å². The Morgan fingerprint density at radius 1 is 1.00 bits per heavy atom. The summed E-state index contributed by atoms with van der Waals surface area (Å²) in [6.45, 7) is 0.363. The molecule has 3 aromatic rings. The summed E-state index contributed by atoms with van der Waals surface area (Å²) >= 11 is 8.61. The van der Waals surface area contributed by atoms with Crippen LogP contribution in [-0.4, -0.2) is 11.8 Å². The van der Waals surface area contributed by atoms with Crippen LogP contribution >= 0.6 is 34.3 Å². The van der Waals surface area contributed by atoms with Gasteiger partial charge in [0.1, 0.15) is 0 Å². The Kier molecular flexibility index (Phi) is 5.30. The number of rotatable bonds is 5. The third-order valence-corrected chi connectivity index (χ3v) is 5.36. The van der Waals surface area contributed by atoms with Crippen molar-refractivity contribution in [3.63, 3.8) is 0 Å². The average Bonchev–Trinajstić information content (AvgIpc) is 3.26. The van der Waals surface area contributed by atoms with Gasteiger partial charge in [-0.25, -0.2) is 4.79 Å². The molecule has 1 aromatic carbocycles. The van der Waals surface area contributed by atoms with Gasteiger partial charge in [-0.15, -0.1) is 22.7 Å². The van der Waals surface area contributed by atoms with Crippen molar-refractivity contribution in [2.24, 2.45) is 0 Å². The summed E-state index contributed by atoms with van der Waals surface area (Å²) in [6.07, 6.45) is 0. The van der Waals surface area contributed by atoms with Crippen LogP contribution in [0.3, 0.4) is 0 Å². The molecule has 3 rings (SSSR count). The second-order valence-corrected chi connectivity index (χ2v) is 7.44. The van der Waals surface area contributed by atoms with Crippen molar-refractivity contribution in [2.75, 3.05) is 5.32 Å². The Hall–Kier alpha value is -2.15. The maximum Gasteiger partial charge on any atom is 0.319 e. The minimum atomic E-state index is -0.308. The van der Waals surface area contributed by atoms with Crippen LogP contribution in [0.1, 0.15) is 19.4 Å². The number of benzene rings is 1. The number of halogens is 1. The van der Waals surface area contributed by atoms with Crippen molar-refractivity contribution in [1.29, 1.82) is 0 Å². The van der Waals surface area contributed by atoms with Gasteiger partial charge in [-0.05, 0) is 47.8 Å². The molecule has 0 atom stereocenters. The van der Waals surface area contributed by atoms with Crippen LogP contribution in [0.4, 0.5) is 10.5 Å². The number of amides is 2. The molecule has 0 radical (unpaired) electrons. The minimum absolute atomic E-state index is 0.0202. The molecule has 2 N–H and O–H groups in total. The minimum Gasteiger partial charge on any atom is -0.333 e. The van der Waals surface area contributed by atoms with Crippen LogP contribution in [0.15, 0.2) is 53.9 Å². The van der Waals surface area contributed by atoms with Crippen molar-refractivity contribution >= 4 is 51.8 Å². The van der Waals surface area contributed by atoms with Crippen molar-refractivity contribution in [3.05, 3.63) is 73.6 Å². The van der Waals surface area contributed by atoms with Gasteiger partial charge in [0.25, 0.3) is 0 Å². The lowest BCUT2D eigenvalue weighted by molar-refractivity contribution is 0.104. The summed E-state index contributed by atoms with van der Waals surface area (Å²) in [4.78, 5) is 26.4. The summed E-state index contributed by atoms with van der Waals surface area (Å²) in [5.74, 6) is 0.0202. The van der Waals surface area contributed by atoms with E-state index in [1.807, 2.05) is 23.6 Å². The number of carbonyl (C=O) groups excluding carboxylic acids is 2. The van der Waals surface area contributed by atoms with Gasteiger partial charge in [-0.2, -0.15) is 0 Å². The van der Waals surface area contributed by atoms with Gasteiger partial charge < -0.3 is 10.6 Å². The number of hydrogen-bond acceptors (Lipinski definition) is 4. The van der Waals surface area contributed by atoms with E-state index < -0.39 is 0 Å². The highest BCUT2D eigenvalue weighted by molar-refractivity contribution is 7.16. The van der Waals surface area contributed by atoms with Gasteiger partial charge in [0.2, 0.25) is 5.78 Å². The molecule has 0 unspecified atom stereocenters. The number of thiophene rings is 2. The zero-order valence-corrected chi connectivity index (χ0v) is 14.8. The topological polar surface area (TPSA) is 58.2 Å². The molecule has 0 aliphatic rings. The molecule has 24 heavy (non-hydrogen) atoms. The van der Waals surface area contributed by atoms with Gasteiger partial charge in [0, 0.05) is 15.6 Å². The highest BCUT2D eigenvalue weighted by Gasteiger charge is 2.13. The highest BCUT2D eigenvalue weighted by atomic mass is 35.5. The molecule has 4 nitrogen and oxygen atoms in total. The lowest BCUT2D eigenvalue weighted by Crippen LogP contribution is -2.27. The molecule has 0 aliphatic carbocycles. The molecular formula is C17H13ClN2O2S2. The Bertz CT molecular complexity index is 842. The zero-order valence-electron chi connectivity index (χ0n) is 12.4. The summed E-state index contributed by atoms with van der Waals surface area (Å²) in [6, 6.07) is 13.9. The second-order valence-electron chi connectivity index (χ2n) is 4.89. The molecular weight excluding hydrogens is 364 g/mol. The third kappa shape index (κ3) is 4.23. The number of nitrogens with one attached hydrogen (secondary N) is 2. The van der Waals surface area contributed by atoms with Crippen LogP contribution in [0, 0.1) is 0 Å². The summed E-state index contributed by atoms with van der Waals surface area (Å²) < 4.78 is 0. The average molecular weight is 377 g/mol. The molecule has 0 fully saturated rings. The predicted molar refractivity (Wildman–Crippen MR) is 99.4 cm³/mol. The van der Waals surface area contributed by atoms with Gasteiger partial charge in [0.05, 0.1) is 16.3 Å². The van der Waals surface area contributed by atoms with Crippen LogP contribution in [0.25, 0.3) is 0 Å². The molecule has 2 amide bonds. The van der Waals surface area contributed by atoms with Crippen LogP contribution in [-0.2, 0) is 6.54 Å². The van der Waals surface area contributed by atoms with E-state index in [2.05, 4.69) is 10.6 Å². The van der Waals surface area contributed by atoms with Crippen molar-refractivity contribution in [3.8, 4) is 0 Å². The molecule has 0 saturated carbocycles. The molecule has 2 aromatic heterocycles.